The number of carbonyl (C=O) groups is 1. The summed E-state index contributed by atoms with van der Waals surface area (Å²) in [4.78, 5) is 12.3. The van der Waals surface area contributed by atoms with E-state index in [1.165, 1.54) is 11.3 Å². The molecule has 0 amide bonds. The number of ether oxygens (including phenoxy) is 2. The van der Waals surface area contributed by atoms with Gasteiger partial charge in [-0.2, -0.15) is 0 Å². The molecule has 0 radical (unpaired) electrons. The number of hydrogen-bond acceptors (Lipinski definition) is 4. The quantitative estimate of drug-likeness (QED) is 0.573. The number of aliphatic carboxylic acids is 1. The normalized spacial score (nSPS) is 11.1. The first kappa shape index (κ1) is 13.9. The van der Waals surface area contributed by atoms with E-state index in [-0.39, 0.29) is 0 Å². The van der Waals surface area contributed by atoms with Crippen LogP contribution in [0, 0.1) is 0 Å². The van der Waals surface area contributed by atoms with Gasteiger partial charge in [0.1, 0.15) is 0 Å². The van der Waals surface area contributed by atoms with Gasteiger partial charge in [-0.15, -0.1) is 11.3 Å². The second-order valence-corrected chi connectivity index (χ2v) is 4.43. The summed E-state index contributed by atoms with van der Waals surface area (Å²) >= 11 is 1.52. The molecule has 0 saturated carbocycles. The zero-order valence-electron chi connectivity index (χ0n) is 9.72. The first-order valence-electron chi connectivity index (χ1n) is 5.37. The van der Waals surface area contributed by atoms with Crippen molar-refractivity contribution >= 4 is 23.4 Å². The highest BCUT2D eigenvalue weighted by Crippen LogP contribution is 2.18. The third-order valence-electron chi connectivity index (χ3n) is 1.89. The molecule has 1 N–H and O–H groups in total. The van der Waals surface area contributed by atoms with Gasteiger partial charge in [0.25, 0.3) is 0 Å². The lowest BCUT2D eigenvalue weighted by Crippen LogP contribution is -2.03. The SMILES string of the molecule is CCOCCOCc1ccc(C=CC(=O)O)s1. The van der Waals surface area contributed by atoms with Gasteiger partial charge in [0.2, 0.25) is 0 Å². The standard InChI is InChI=1S/C12H16O4S/c1-2-15-7-8-16-9-11-4-3-10(17-11)5-6-12(13)14/h3-6H,2,7-9H2,1H3,(H,13,14). The molecule has 0 saturated heterocycles. The lowest BCUT2D eigenvalue weighted by molar-refractivity contribution is -0.131. The fourth-order valence-corrected chi connectivity index (χ4v) is 2.00. The van der Waals surface area contributed by atoms with Crippen molar-refractivity contribution in [1.82, 2.24) is 0 Å². The molecule has 17 heavy (non-hydrogen) atoms. The second-order valence-electron chi connectivity index (χ2n) is 3.23. The van der Waals surface area contributed by atoms with E-state index in [0.29, 0.717) is 26.4 Å². The Morgan fingerprint density at radius 3 is 2.88 bits per heavy atom. The van der Waals surface area contributed by atoms with Gasteiger partial charge in [0.15, 0.2) is 0 Å². The lowest BCUT2D eigenvalue weighted by atomic mass is 10.4. The lowest BCUT2D eigenvalue weighted by Gasteiger charge is -2.01. The molecule has 1 aromatic heterocycles. The summed E-state index contributed by atoms with van der Waals surface area (Å²) in [7, 11) is 0. The number of carboxylic acids is 1. The van der Waals surface area contributed by atoms with Crippen molar-refractivity contribution in [1.29, 1.82) is 0 Å². The largest absolute Gasteiger partial charge is 0.478 e. The Kier molecular flexibility index (Phi) is 6.54. The van der Waals surface area contributed by atoms with Crippen molar-refractivity contribution in [3.8, 4) is 0 Å². The molecule has 1 rings (SSSR count). The molecular weight excluding hydrogens is 240 g/mol. The average molecular weight is 256 g/mol. The number of hydrogen-bond donors (Lipinski definition) is 1. The monoisotopic (exact) mass is 256 g/mol. The summed E-state index contributed by atoms with van der Waals surface area (Å²) in [6, 6.07) is 3.82. The fourth-order valence-electron chi connectivity index (χ4n) is 1.15. The minimum atomic E-state index is -0.937. The minimum absolute atomic E-state index is 0.540. The van der Waals surface area contributed by atoms with Crippen LogP contribution in [-0.4, -0.2) is 30.9 Å². The Bertz CT molecular complexity index is 370. The Labute approximate surface area is 104 Å². The van der Waals surface area contributed by atoms with E-state index in [2.05, 4.69) is 0 Å². The van der Waals surface area contributed by atoms with Crippen LogP contribution in [0.2, 0.25) is 0 Å². The molecule has 0 bridgehead atoms. The Morgan fingerprint density at radius 1 is 1.41 bits per heavy atom. The minimum Gasteiger partial charge on any atom is -0.478 e. The number of thiophene rings is 1. The summed E-state index contributed by atoms with van der Waals surface area (Å²) in [5.41, 5.74) is 0. The molecule has 0 fully saturated rings. The van der Waals surface area contributed by atoms with Crippen LogP contribution >= 0.6 is 11.3 Å². The summed E-state index contributed by atoms with van der Waals surface area (Å²) < 4.78 is 10.5. The molecular formula is C12H16O4S. The van der Waals surface area contributed by atoms with Gasteiger partial charge in [-0.3, -0.25) is 0 Å². The van der Waals surface area contributed by atoms with E-state index < -0.39 is 5.97 Å². The molecule has 0 aliphatic rings. The Hall–Kier alpha value is -1.17. The van der Waals surface area contributed by atoms with Crippen LogP contribution in [0.3, 0.4) is 0 Å². The van der Waals surface area contributed by atoms with Crippen molar-refractivity contribution in [2.75, 3.05) is 19.8 Å². The molecule has 5 heteroatoms. The molecule has 1 aromatic rings. The zero-order valence-corrected chi connectivity index (χ0v) is 10.5. The highest BCUT2D eigenvalue weighted by atomic mass is 32.1. The maximum absolute atomic E-state index is 10.3. The topological polar surface area (TPSA) is 55.8 Å². The fraction of sp³-hybridized carbons (Fsp3) is 0.417. The van der Waals surface area contributed by atoms with Crippen molar-refractivity contribution < 1.29 is 19.4 Å². The highest BCUT2D eigenvalue weighted by molar-refractivity contribution is 7.12. The molecule has 0 aromatic carbocycles. The predicted molar refractivity (Wildman–Crippen MR) is 67.1 cm³/mol. The van der Waals surface area contributed by atoms with Crippen molar-refractivity contribution in [2.24, 2.45) is 0 Å². The van der Waals surface area contributed by atoms with Crippen LogP contribution in [0.25, 0.3) is 6.08 Å². The van der Waals surface area contributed by atoms with E-state index in [4.69, 9.17) is 14.6 Å². The van der Waals surface area contributed by atoms with E-state index >= 15 is 0 Å². The van der Waals surface area contributed by atoms with Gasteiger partial charge >= 0.3 is 5.97 Å². The third kappa shape index (κ3) is 6.21. The van der Waals surface area contributed by atoms with Crippen LogP contribution in [-0.2, 0) is 20.9 Å². The smallest absolute Gasteiger partial charge is 0.328 e. The first-order valence-corrected chi connectivity index (χ1v) is 6.19. The molecule has 0 atom stereocenters. The summed E-state index contributed by atoms with van der Waals surface area (Å²) in [6.07, 6.45) is 2.71. The van der Waals surface area contributed by atoms with Crippen LogP contribution < -0.4 is 0 Å². The summed E-state index contributed by atoms with van der Waals surface area (Å²) in [6.45, 7) is 4.37. The van der Waals surface area contributed by atoms with E-state index in [1.54, 1.807) is 6.08 Å². The molecule has 0 unspecified atom stereocenters. The van der Waals surface area contributed by atoms with Gasteiger partial charge < -0.3 is 14.6 Å². The molecule has 1 heterocycles. The van der Waals surface area contributed by atoms with Crippen LogP contribution in [0.5, 0.6) is 0 Å². The number of carboxylic acid groups (broad SMARTS) is 1. The van der Waals surface area contributed by atoms with E-state index in [9.17, 15) is 4.79 Å². The molecule has 0 aliphatic heterocycles. The maximum atomic E-state index is 10.3. The van der Waals surface area contributed by atoms with Crippen LogP contribution in [0.15, 0.2) is 18.2 Å². The second kappa shape index (κ2) is 8.00. The maximum Gasteiger partial charge on any atom is 0.328 e. The van der Waals surface area contributed by atoms with Crippen molar-refractivity contribution in [3.63, 3.8) is 0 Å². The summed E-state index contributed by atoms with van der Waals surface area (Å²) in [5, 5.41) is 8.48. The molecule has 0 spiro atoms. The van der Waals surface area contributed by atoms with Crippen molar-refractivity contribution in [2.45, 2.75) is 13.5 Å². The summed E-state index contributed by atoms with van der Waals surface area (Å²) in [5.74, 6) is -0.937. The van der Waals surface area contributed by atoms with Gasteiger partial charge in [-0.25, -0.2) is 4.79 Å². The highest BCUT2D eigenvalue weighted by Gasteiger charge is 1.98. The zero-order chi connectivity index (χ0) is 12.5. The Morgan fingerprint density at radius 2 is 2.18 bits per heavy atom. The number of rotatable bonds is 8. The van der Waals surface area contributed by atoms with Crippen LogP contribution in [0.4, 0.5) is 0 Å². The van der Waals surface area contributed by atoms with Gasteiger partial charge in [-0.1, -0.05) is 0 Å². The first-order chi connectivity index (χ1) is 8.22. The van der Waals surface area contributed by atoms with E-state index in [1.807, 2.05) is 19.1 Å². The van der Waals surface area contributed by atoms with Gasteiger partial charge in [0, 0.05) is 22.4 Å². The van der Waals surface area contributed by atoms with Gasteiger partial charge in [-0.05, 0) is 25.1 Å². The van der Waals surface area contributed by atoms with E-state index in [0.717, 1.165) is 15.8 Å². The molecule has 94 valence electrons. The van der Waals surface area contributed by atoms with Crippen LogP contribution in [0.1, 0.15) is 16.7 Å². The van der Waals surface area contributed by atoms with Crippen molar-refractivity contribution in [3.05, 3.63) is 28.0 Å². The third-order valence-corrected chi connectivity index (χ3v) is 2.92. The Balaban J connectivity index is 2.28. The van der Waals surface area contributed by atoms with Gasteiger partial charge in [0.05, 0.1) is 19.8 Å². The molecule has 4 nitrogen and oxygen atoms in total. The molecule has 0 aliphatic carbocycles. The predicted octanol–water partition coefficient (Wildman–Crippen LogP) is 2.40. The average Bonchev–Trinajstić information content (AvgIpc) is 2.74.